The predicted molar refractivity (Wildman–Crippen MR) is 84.5 cm³/mol. The van der Waals surface area contributed by atoms with Gasteiger partial charge in [-0.2, -0.15) is 0 Å². The van der Waals surface area contributed by atoms with Crippen LogP contribution in [0.25, 0.3) is 0 Å². The van der Waals surface area contributed by atoms with Gasteiger partial charge in [-0.3, -0.25) is 0 Å². The van der Waals surface area contributed by atoms with E-state index in [0.29, 0.717) is 10.6 Å². The van der Waals surface area contributed by atoms with Crippen LogP contribution in [0.4, 0.5) is 4.39 Å². The van der Waals surface area contributed by atoms with Crippen molar-refractivity contribution in [2.75, 3.05) is 0 Å². The number of hydrogen-bond acceptors (Lipinski definition) is 2. The zero-order chi connectivity index (χ0) is 15.4. The van der Waals surface area contributed by atoms with Crippen molar-refractivity contribution in [2.24, 2.45) is 0 Å². The SMILES string of the molecule is CC(CCc1ccco1)NC(C)c1c(Cl)ccc(F)c1Cl. The van der Waals surface area contributed by atoms with Crippen LogP contribution in [-0.4, -0.2) is 6.04 Å². The van der Waals surface area contributed by atoms with E-state index in [2.05, 4.69) is 12.2 Å². The lowest BCUT2D eigenvalue weighted by Gasteiger charge is -2.22. The smallest absolute Gasteiger partial charge is 0.142 e. The standard InChI is InChI=1S/C16H18Cl2FNO/c1-10(5-6-12-4-3-9-21-12)20-11(2)15-13(17)7-8-14(19)16(15)18/h3-4,7-11,20H,5-6H2,1-2H3. The first-order valence-electron chi connectivity index (χ1n) is 6.91. The Morgan fingerprint density at radius 1 is 1.24 bits per heavy atom. The van der Waals surface area contributed by atoms with E-state index in [9.17, 15) is 4.39 Å². The number of halogens is 3. The van der Waals surface area contributed by atoms with Crippen LogP contribution in [0.5, 0.6) is 0 Å². The number of hydrogen-bond donors (Lipinski definition) is 1. The van der Waals surface area contributed by atoms with Crippen LogP contribution in [0.15, 0.2) is 34.9 Å². The van der Waals surface area contributed by atoms with Crippen molar-refractivity contribution in [1.29, 1.82) is 0 Å². The molecule has 0 aliphatic heterocycles. The molecule has 2 rings (SSSR count). The molecule has 21 heavy (non-hydrogen) atoms. The van der Waals surface area contributed by atoms with Gasteiger partial charge in [-0.25, -0.2) is 4.39 Å². The molecule has 2 nitrogen and oxygen atoms in total. The summed E-state index contributed by atoms with van der Waals surface area (Å²) >= 11 is 12.2. The second-order valence-corrected chi connectivity index (χ2v) is 5.95. The van der Waals surface area contributed by atoms with Crippen molar-refractivity contribution in [2.45, 2.75) is 38.8 Å². The van der Waals surface area contributed by atoms with Gasteiger partial charge < -0.3 is 9.73 Å². The van der Waals surface area contributed by atoms with Crippen molar-refractivity contribution in [3.8, 4) is 0 Å². The molecule has 0 bridgehead atoms. The summed E-state index contributed by atoms with van der Waals surface area (Å²) in [6.07, 6.45) is 3.42. The minimum absolute atomic E-state index is 0.0840. The normalized spacial score (nSPS) is 14.1. The molecule has 2 unspecified atom stereocenters. The molecule has 2 aromatic rings. The fourth-order valence-corrected chi connectivity index (χ4v) is 3.04. The highest BCUT2D eigenvalue weighted by Gasteiger charge is 2.18. The fourth-order valence-electron chi connectivity index (χ4n) is 2.35. The highest BCUT2D eigenvalue weighted by molar-refractivity contribution is 6.36. The van der Waals surface area contributed by atoms with Gasteiger partial charge in [0.2, 0.25) is 0 Å². The van der Waals surface area contributed by atoms with E-state index >= 15 is 0 Å². The predicted octanol–water partition coefficient (Wildman–Crippen LogP) is 5.40. The van der Waals surface area contributed by atoms with Crippen molar-refractivity contribution in [3.05, 3.63) is 57.7 Å². The van der Waals surface area contributed by atoms with Crippen LogP contribution >= 0.6 is 23.2 Å². The molecule has 0 radical (unpaired) electrons. The Bertz CT molecular complexity index is 586. The lowest BCUT2D eigenvalue weighted by atomic mass is 10.1. The van der Waals surface area contributed by atoms with Gasteiger partial charge in [0, 0.05) is 29.1 Å². The zero-order valence-electron chi connectivity index (χ0n) is 12.0. The molecule has 0 saturated heterocycles. The summed E-state index contributed by atoms with van der Waals surface area (Å²) in [6, 6.07) is 6.73. The molecule has 1 heterocycles. The Morgan fingerprint density at radius 2 is 2.00 bits per heavy atom. The number of nitrogens with one attached hydrogen (secondary N) is 1. The monoisotopic (exact) mass is 329 g/mol. The highest BCUT2D eigenvalue weighted by Crippen LogP contribution is 2.32. The second-order valence-electron chi connectivity index (χ2n) is 5.16. The third-order valence-electron chi connectivity index (χ3n) is 3.45. The van der Waals surface area contributed by atoms with Crippen LogP contribution in [0, 0.1) is 5.82 Å². The molecule has 2 atom stereocenters. The van der Waals surface area contributed by atoms with Crippen molar-refractivity contribution >= 4 is 23.2 Å². The molecule has 0 saturated carbocycles. The molecule has 0 amide bonds. The van der Waals surface area contributed by atoms with E-state index in [-0.39, 0.29) is 17.1 Å². The summed E-state index contributed by atoms with van der Waals surface area (Å²) in [7, 11) is 0. The zero-order valence-corrected chi connectivity index (χ0v) is 13.5. The maximum atomic E-state index is 13.6. The number of benzene rings is 1. The summed E-state index contributed by atoms with van der Waals surface area (Å²) in [5.74, 6) is 0.506. The van der Waals surface area contributed by atoms with E-state index in [1.165, 1.54) is 12.1 Å². The maximum absolute atomic E-state index is 13.6. The quantitative estimate of drug-likeness (QED) is 0.718. The molecule has 0 fully saturated rings. The molecular formula is C16H18Cl2FNO. The Balaban J connectivity index is 1.97. The van der Waals surface area contributed by atoms with Crippen molar-refractivity contribution in [1.82, 2.24) is 5.32 Å². The molecule has 1 aromatic carbocycles. The van der Waals surface area contributed by atoms with Crippen molar-refractivity contribution < 1.29 is 8.81 Å². The summed E-state index contributed by atoms with van der Waals surface area (Å²) in [5, 5.41) is 3.95. The minimum atomic E-state index is -0.451. The fraction of sp³-hybridized carbons (Fsp3) is 0.375. The Kier molecular flexibility index (Phi) is 5.68. The second kappa shape index (κ2) is 7.30. The molecule has 0 aliphatic rings. The Morgan fingerprint density at radius 3 is 2.67 bits per heavy atom. The number of aryl methyl sites for hydroxylation is 1. The number of rotatable bonds is 6. The largest absolute Gasteiger partial charge is 0.469 e. The van der Waals surface area contributed by atoms with Gasteiger partial charge in [0.15, 0.2) is 0 Å². The van der Waals surface area contributed by atoms with Crippen LogP contribution in [0.2, 0.25) is 10.0 Å². The maximum Gasteiger partial charge on any atom is 0.142 e. The topological polar surface area (TPSA) is 25.2 Å². The van der Waals surface area contributed by atoms with Gasteiger partial charge in [0.25, 0.3) is 0 Å². The minimum Gasteiger partial charge on any atom is -0.469 e. The van der Waals surface area contributed by atoms with E-state index in [1.54, 1.807) is 6.26 Å². The van der Waals surface area contributed by atoms with Gasteiger partial charge >= 0.3 is 0 Å². The van der Waals surface area contributed by atoms with E-state index in [1.807, 2.05) is 19.1 Å². The van der Waals surface area contributed by atoms with Gasteiger partial charge in [0.1, 0.15) is 11.6 Å². The average Bonchev–Trinajstić information content (AvgIpc) is 2.94. The first-order valence-corrected chi connectivity index (χ1v) is 7.66. The van der Waals surface area contributed by atoms with Crippen LogP contribution in [0.3, 0.4) is 0 Å². The molecule has 114 valence electrons. The molecule has 0 spiro atoms. The Labute approximate surface area is 134 Å². The summed E-state index contributed by atoms with van der Waals surface area (Å²) in [6.45, 7) is 4.00. The summed E-state index contributed by atoms with van der Waals surface area (Å²) in [5.41, 5.74) is 0.600. The van der Waals surface area contributed by atoms with Gasteiger partial charge in [-0.15, -0.1) is 0 Å². The van der Waals surface area contributed by atoms with Crippen LogP contribution in [0.1, 0.15) is 37.6 Å². The van der Waals surface area contributed by atoms with Crippen molar-refractivity contribution in [3.63, 3.8) is 0 Å². The van der Waals surface area contributed by atoms with E-state index < -0.39 is 5.82 Å². The highest BCUT2D eigenvalue weighted by atomic mass is 35.5. The lowest BCUT2D eigenvalue weighted by Crippen LogP contribution is -2.29. The third-order valence-corrected chi connectivity index (χ3v) is 4.16. The van der Waals surface area contributed by atoms with Crippen LogP contribution < -0.4 is 5.32 Å². The lowest BCUT2D eigenvalue weighted by molar-refractivity contribution is 0.430. The first kappa shape index (κ1) is 16.3. The Hall–Kier alpha value is -1.03. The van der Waals surface area contributed by atoms with E-state index in [4.69, 9.17) is 27.6 Å². The van der Waals surface area contributed by atoms with E-state index in [0.717, 1.165) is 18.6 Å². The van der Waals surface area contributed by atoms with Gasteiger partial charge in [-0.1, -0.05) is 23.2 Å². The summed E-state index contributed by atoms with van der Waals surface area (Å²) in [4.78, 5) is 0. The molecule has 1 N–H and O–H groups in total. The summed E-state index contributed by atoms with van der Waals surface area (Å²) < 4.78 is 18.9. The van der Waals surface area contributed by atoms with Gasteiger partial charge in [-0.05, 0) is 44.5 Å². The molecular weight excluding hydrogens is 312 g/mol. The average molecular weight is 330 g/mol. The van der Waals surface area contributed by atoms with Crippen LogP contribution in [-0.2, 0) is 6.42 Å². The third kappa shape index (κ3) is 4.22. The molecule has 0 aliphatic carbocycles. The molecule has 5 heteroatoms. The van der Waals surface area contributed by atoms with Gasteiger partial charge in [0.05, 0.1) is 11.3 Å². The molecule has 1 aromatic heterocycles. The first-order chi connectivity index (χ1) is 9.99. The number of furan rings is 1.